The number of ether oxygens (including phenoxy) is 2. The highest BCUT2D eigenvalue weighted by Crippen LogP contribution is 2.34. The predicted molar refractivity (Wildman–Crippen MR) is 87.1 cm³/mol. The molecule has 0 bridgehead atoms. The number of pyridine rings is 1. The highest BCUT2D eigenvalue weighted by molar-refractivity contribution is 6.31. The Morgan fingerprint density at radius 3 is 2.63 bits per heavy atom. The molecule has 0 saturated heterocycles. The lowest BCUT2D eigenvalue weighted by atomic mass is 10.1. The van der Waals surface area contributed by atoms with Crippen molar-refractivity contribution in [2.45, 2.75) is 6.36 Å². The van der Waals surface area contributed by atoms with E-state index < -0.39 is 18.3 Å². The first-order valence-corrected chi connectivity index (χ1v) is 7.57. The Morgan fingerprint density at radius 1 is 1.22 bits per heavy atom. The Balaban J connectivity index is 2.12. The number of alkyl halides is 3. The minimum atomic E-state index is -4.90. The van der Waals surface area contributed by atoms with E-state index in [4.69, 9.17) is 16.7 Å². The Kier molecular flexibility index (Phi) is 4.91. The lowest BCUT2D eigenvalue weighted by Crippen LogP contribution is -2.17. The zero-order valence-electron chi connectivity index (χ0n) is 13.1. The molecule has 140 valence electrons. The monoisotopic (exact) mass is 399 g/mol. The Bertz CT molecular complexity index is 977. The van der Waals surface area contributed by atoms with Gasteiger partial charge in [0.05, 0.1) is 17.6 Å². The Hall–Kier alpha value is -3.27. The first kappa shape index (κ1) is 18.5. The number of hydrogen-bond donors (Lipinski definition) is 1. The minimum absolute atomic E-state index is 0.0219. The summed E-state index contributed by atoms with van der Waals surface area (Å²) in [7, 11) is 0. The molecule has 0 atom stereocenters. The number of rotatable bonds is 4. The zero-order valence-corrected chi connectivity index (χ0v) is 13.9. The van der Waals surface area contributed by atoms with E-state index in [1.54, 1.807) is 12.1 Å². The third-order valence-electron chi connectivity index (χ3n) is 3.17. The molecule has 0 spiro atoms. The van der Waals surface area contributed by atoms with Gasteiger partial charge in [-0.15, -0.1) is 18.3 Å². The molecule has 0 amide bonds. The van der Waals surface area contributed by atoms with E-state index in [2.05, 4.69) is 19.6 Å². The summed E-state index contributed by atoms with van der Waals surface area (Å²) in [6.45, 7) is 0. The summed E-state index contributed by atoms with van der Waals surface area (Å²) in [5, 5.41) is 12.8. The smallest absolute Gasteiger partial charge is 0.449 e. The van der Waals surface area contributed by atoms with Crippen LogP contribution in [-0.2, 0) is 0 Å². The van der Waals surface area contributed by atoms with Gasteiger partial charge in [-0.1, -0.05) is 11.6 Å². The molecular weight excluding hydrogens is 391 g/mol. The molecule has 0 saturated carbocycles. The maximum absolute atomic E-state index is 12.5. The third-order valence-corrected chi connectivity index (χ3v) is 3.39. The summed E-state index contributed by atoms with van der Waals surface area (Å²) < 4.78 is 47.3. The predicted octanol–water partition coefficient (Wildman–Crippen LogP) is 4.54. The second-order valence-corrected chi connectivity index (χ2v) is 5.52. The van der Waals surface area contributed by atoms with Gasteiger partial charge in [0.15, 0.2) is 0 Å². The number of carbonyl (C=O) groups is 1. The third kappa shape index (κ3) is 4.67. The maximum Gasteiger partial charge on any atom is 0.573 e. The molecule has 0 aliphatic rings. The van der Waals surface area contributed by atoms with Crippen molar-refractivity contribution in [3.8, 4) is 28.6 Å². The van der Waals surface area contributed by atoms with Crippen molar-refractivity contribution in [1.29, 1.82) is 0 Å². The highest BCUT2D eigenvalue weighted by Gasteiger charge is 2.31. The Morgan fingerprint density at radius 2 is 2.00 bits per heavy atom. The molecule has 1 aromatic carbocycles. The molecule has 0 fully saturated rings. The van der Waals surface area contributed by atoms with Crippen LogP contribution in [0.25, 0.3) is 16.9 Å². The fourth-order valence-corrected chi connectivity index (χ4v) is 2.51. The van der Waals surface area contributed by atoms with Gasteiger partial charge in [-0.2, -0.15) is 0 Å². The van der Waals surface area contributed by atoms with Crippen molar-refractivity contribution in [3.05, 3.63) is 53.8 Å². The largest absolute Gasteiger partial charge is 0.573 e. The van der Waals surface area contributed by atoms with Gasteiger partial charge in [0.25, 0.3) is 0 Å². The lowest BCUT2D eigenvalue weighted by molar-refractivity contribution is -0.274. The van der Waals surface area contributed by atoms with Crippen molar-refractivity contribution in [2.24, 2.45) is 0 Å². The molecule has 3 aromatic rings. The SMILES string of the molecule is O=C(O)Oc1cc(-c2cc(Cl)cc(OC(F)(F)F)c2)n(-c2cccnc2)n1. The second kappa shape index (κ2) is 7.16. The summed E-state index contributed by atoms with van der Waals surface area (Å²) in [4.78, 5) is 14.7. The molecule has 27 heavy (non-hydrogen) atoms. The van der Waals surface area contributed by atoms with Gasteiger partial charge in [0.2, 0.25) is 5.88 Å². The van der Waals surface area contributed by atoms with Crippen molar-refractivity contribution >= 4 is 17.8 Å². The summed E-state index contributed by atoms with van der Waals surface area (Å²) in [5.41, 5.74) is 0.832. The van der Waals surface area contributed by atoms with E-state index in [0.29, 0.717) is 5.69 Å². The van der Waals surface area contributed by atoms with Crippen LogP contribution < -0.4 is 9.47 Å². The lowest BCUT2D eigenvalue weighted by Gasteiger charge is -2.12. The van der Waals surface area contributed by atoms with Crippen molar-refractivity contribution in [2.75, 3.05) is 0 Å². The number of nitrogens with zero attached hydrogens (tertiary/aromatic N) is 3. The van der Waals surface area contributed by atoms with E-state index in [1.807, 2.05) is 0 Å². The number of aromatic nitrogens is 3. The standard InChI is InChI=1S/C16H9ClF3N3O4/c17-10-4-9(5-12(6-10)27-16(18,19)20)13-7-14(26-15(24)25)22-23(13)11-2-1-3-21-8-11/h1-8H,(H,24,25). The Labute approximate surface area is 154 Å². The molecule has 1 N–H and O–H groups in total. The van der Waals surface area contributed by atoms with Gasteiger partial charge in [-0.25, -0.2) is 9.48 Å². The molecule has 0 unspecified atom stereocenters. The average molecular weight is 400 g/mol. The van der Waals surface area contributed by atoms with E-state index in [-0.39, 0.29) is 22.2 Å². The molecule has 0 radical (unpaired) electrons. The van der Waals surface area contributed by atoms with Gasteiger partial charge < -0.3 is 14.6 Å². The fourth-order valence-electron chi connectivity index (χ4n) is 2.28. The van der Waals surface area contributed by atoms with E-state index in [0.717, 1.165) is 12.1 Å². The minimum Gasteiger partial charge on any atom is -0.449 e. The molecule has 0 aliphatic heterocycles. The average Bonchev–Trinajstić information content (AvgIpc) is 2.96. The van der Waals surface area contributed by atoms with Crippen LogP contribution in [0, 0.1) is 0 Å². The topological polar surface area (TPSA) is 86.5 Å². The van der Waals surface area contributed by atoms with Gasteiger partial charge in [-0.3, -0.25) is 4.98 Å². The summed E-state index contributed by atoms with van der Waals surface area (Å²) in [6.07, 6.45) is -3.55. The van der Waals surface area contributed by atoms with E-state index in [9.17, 15) is 18.0 Å². The molecule has 2 aromatic heterocycles. The van der Waals surface area contributed by atoms with E-state index >= 15 is 0 Å². The molecule has 11 heteroatoms. The van der Waals surface area contributed by atoms with Crippen LogP contribution in [0.2, 0.25) is 5.02 Å². The normalized spacial score (nSPS) is 11.3. The molecule has 2 heterocycles. The van der Waals surface area contributed by atoms with Crippen molar-refractivity contribution in [3.63, 3.8) is 0 Å². The van der Waals surface area contributed by atoms with Crippen LogP contribution in [0.15, 0.2) is 48.8 Å². The quantitative estimate of drug-likeness (QED) is 0.648. The maximum atomic E-state index is 12.5. The van der Waals surface area contributed by atoms with Crippen molar-refractivity contribution < 1.29 is 32.5 Å². The molecule has 3 rings (SSSR count). The van der Waals surface area contributed by atoms with Gasteiger partial charge in [-0.05, 0) is 30.3 Å². The van der Waals surface area contributed by atoms with Crippen molar-refractivity contribution in [1.82, 2.24) is 14.8 Å². The van der Waals surface area contributed by atoms with Gasteiger partial charge in [0.1, 0.15) is 5.75 Å². The summed E-state index contributed by atoms with van der Waals surface area (Å²) in [6, 6.07) is 7.93. The first-order chi connectivity index (χ1) is 12.7. The fraction of sp³-hybridized carbons (Fsp3) is 0.0625. The van der Waals surface area contributed by atoms with Crippen LogP contribution in [0.3, 0.4) is 0 Å². The van der Waals surface area contributed by atoms with Crippen LogP contribution in [0.5, 0.6) is 11.6 Å². The molecular formula is C16H9ClF3N3O4. The van der Waals surface area contributed by atoms with E-state index in [1.165, 1.54) is 29.2 Å². The summed E-state index contributed by atoms with van der Waals surface area (Å²) in [5.74, 6) is -0.816. The number of hydrogen-bond acceptors (Lipinski definition) is 5. The number of halogens is 4. The number of benzene rings is 1. The van der Waals surface area contributed by atoms with Crippen LogP contribution in [-0.4, -0.2) is 32.4 Å². The van der Waals surface area contributed by atoms with Gasteiger partial charge in [0, 0.05) is 22.8 Å². The number of carboxylic acid groups (broad SMARTS) is 1. The highest BCUT2D eigenvalue weighted by atomic mass is 35.5. The molecule has 0 aliphatic carbocycles. The van der Waals surface area contributed by atoms with Crippen LogP contribution in [0.4, 0.5) is 18.0 Å². The summed E-state index contributed by atoms with van der Waals surface area (Å²) >= 11 is 5.90. The van der Waals surface area contributed by atoms with Gasteiger partial charge >= 0.3 is 12.5 Å². The first-order valence-electron chi connectivity index (χ1n) is 7.19. The zero-order chi connectivity index (χ0) is 19.6. The molecule has 7 nitrogen and oxygen atoms in total. The van der Waals surface area contributed by atoms with Crippen LogP contribution >= 0.6 is 11.6 Å². The second-order valence-electron chi connectivity index (χ2n) is 5.08. The van der Waals surface area contributed by atoms with Crippen LogP contribution in [0.1, 0.15) is 0 Å².